The summed E-state index contributed by atoms with van der Waals surface area (Å²) in [5.41, 5.74) is 1.51. The number of hydrogen-bond donors (Lipinski definition) is 0. The molecule has 0 atom stereocenters. The predicted molar refractivity (Wildman–Crippen MR) is 65.7 cm³/mol. The number of aryl methyl sites for hydroxylation is 1. The monoisotopic (exact) mass is 289 g/mol. The highest BCUT2D eigenvalue weighted by molar-refractivity contribution is 9.10. The molecule has 0 aliphatic carbocycles. The van der Waals surface area contributed by atoms with E-state index in [1.807, 2.05) is 13.0 Å². The second-order valence-electron chi connectivity index (χ2n) is 3.37. The van der Waals surface area contributed by atoms with Crippen LogP contribution in [0.3, 0.4) is 0 Å². The first kappa shape index (κ1) is 11.6. The maximum absolute atomic E-state index is 8.91. The lowest BCUT2D eigenvalue weighted by atomic mass is 10.1. The summed E-state index contributed by atoms with van der Waals surface area (Å²) in [5, 5.41) is 8.91. The molecule has 0 saturated heterocycles. The molecule has 1 aromatic heterocycles. The van der Waals surface area contributed by atoms with Gasteiger partial charge < -0.3 is 4.74 Å². The van der Waals surface area contributed by atoms with Crippen molar-refractivity contribution < 1.29 is 4.74 Å². The zero-order valence-corrected chi connectivity index (χ0v) is 10.6. The highest BCUT2D eigenvalue weighted by Crippen LogP contribution is 2.23. The molecule has 0 aliphatic rings. The predicted octanol–water partition coefficient (Wildman–Crippen LogP) is 3.21. The average molecular weight is 290 g/mol. The van der Waals surface area contributed by atoms with Gasteiger partial charge in [-0.1, -0.05) is 6.07 Å². The van der Waals surface area contributed by atoms with Crippen LogP contribution in [0.5, 0.6) is 11.6 Å². The highest BCUT2D eigenvalue weighted by Gasteiger charge is 2.03. The third-order valence-electron chi connectivity index (χ3n) is 2.16. The first-order valence-electron chi connectivity index (χ1n) is 4.85. The second-order valence-corrected chi connectivity index (χ2v) is 4.18. The molecule has 5 heteroatoms. The minimum absolute atomic E-state index is 0.430. The highest BCUT2D eigenvalue weighted by atomic mass is 79.9. The molecule has 2 rings (SSSR count). The minimum Gasteiger partial charge on any atom is -0.439 e. The van der Waals surface area contributed by atoms with Crippen LogP contribution in [0, 0.1) is 18.3 Å². The lowest BCUT2D eigenvalue weighted by Gasteiger charge is -2.05. The quantitative estimate of drug-likeness (QED) is 0.797. The molecular formula is C12H8BrN3O. The summed E-state index contributed by atoms with van der Waals surface area (Å²) in [7, 11) is 0. The normalized spacial score (nSPS) is 9.71. The molecule has 1 aromatic carbocycles. The minimum atomic E-state index is 0.430. The largest absolute Gasteiger partial charge is 0.439 e. The fraction of sp³-hybridized carbons (Fsp3) is 0.0833. The van der Waals surface area contributed by atoms with Gasteiger partial charge in [-0.05, 0) is 40.5 Å². The first-order chi connectivity index (χ1) is 8.19. The number of nitrogens with zero attached hydrogens (tertiary/aromatic N) is 3. The van der Waals surface area contributed by atoms with Gasteiger partial charge in [-0.15, -0.1) is 0 Å². The summed E-state index contributed by atoms with van der Waals surface area (Å²) in [6.07, 6.45) is 1.40. The Hall–Kier alpha value is -1.93. The van der Waals surface area contributed by atoms with Gasteiger partial charge in [0.25, 0.3) is 0 Å². The molecular weight excluding hydrogens is 282 g/mol. The summed E-state index contributed by atoms with van der Waals surface area (Å²) in [4.78, 5) is 7.87. The lowest BCUT2D eigenvalue weighted by molar-refractivity contribution is 0.460. The first-order valence-corrected chi connectivity index (χ1v) is 5.64. The van der Waals surface area contributed by atoms with Crippen LogP contribution in [0.2, 0.25) is 0 Å². The molecule has 4 nitrogen and oxygen atoms in total. The van der Waals surface area contributed by atoms with E-state index < -0.39 is 0 Å². The van der Waals surface area contributed by atoms with Crippen LogP contribution in [-0.4, -0.2) is 9.97 Å². The molecule has 17 heavy (non-hydrogen) atoms. The van der Waals surface area contributed by atoms with Crippen molar-refractivity contribution in [3.63, 3.8) is 0 Å². The van der Waals surface area contributed by atoms with Gasteiger partial charge in [0.2, 0.25) is 5.88 Å². The maximum Gasteiger partial charge on any atom is 0.223 e. The third kappa shape index (κ3) is 2.80. The Balaban J connectivity index is 2.28. The molecule has 1 heterocycles. The zero-order chi connectivity index (χ0) is 12.3. The maximum atomic E-state index is 8.91. The van der Waals surface area contributed by atoms with Crippen LogP contribution < -0.4 is 4.74 Å². The summed E-state index contributed by atoms with van der Waals surface area (Å²) in [6.45, 7) is 1.88. The van der Waals surface area contributed by atoms with E-state index in [2.05, 4.69) is 32.0 Å². The lowest BCUT2D eigenvalue weighted by Crippen LogP contribution is -1.90. The van der Waals surface area contributed by atoms with Gasteiger partial charge in [0.05, 0.1) is 11.6 Å². The van der Waals surface area contributed by atoms with Gasteiger partial charge >= 0.3 is 0 Å². The van der Waals surface area contributed by atoms with Gasteiger partial charge in [0.15, 0.2) is 0 Å². The van der Waals surface area contributed by atoms with E-state index >= 15 is 0 Å². The second kappa shape index (κ2) is 4.93. The van der Waals surface area contributed by atoms with Crippen LogP contribution in [0.25, 0.3) is 0 Å². The molecule has 0 fully saturated rings. The van der Waals surface area contributed by atoms with Crippen LogP contribution in [-0.2, 0) is 0 Å². The number of aromatic nitrogens is 2. The Morgan fingerprint density at radius 1 is 1.29 bits per heavy atom. The number of hydrogen-bond acceptors (Lipinski definition) is 4. The van der Waals surface area contributed by atoms with Crippen molar-refractivity contribution in [3.8, 4) is 17.7 Å². The van der Waals surface area contributed by atoms with Crippen LogP contribution in [0.1, 0.15) is 11.1 Å². The van der Waals surface area contributed by atoms with E-state index in [1.54, 1.807) is 18.2 Å². The van der Waals surface area contributed by atoms with Crippen molar-refractivity contribution in [2.24, 2.45) is 0 Å². The molecule has 0 bridgehead atoms. The fourth-order valence-corrected chi connectivity index (χ4v) is 1.57. The molecule has 84 valence electrons. The average Bonchev–Trinajstić information content (AvgIpc) is 2.32. The van der Waals surface area contributed by atoms with Crippen molar-refractivity contribution in [2.45, 2.75) is 6.92 Å². The number of ether oxygens (including phenoxy) is 1. The molecule has 0 radical (unpaired) electrons. The number of rotatable bonds is 2. The zero-order valence-electron chi connectivity index (χ0n) is 9.01. The van der Waals surface area contributed by atoms with E-state index in [4.69, 9.17) is 10.00 Å². The van der Waals surface area contributed by atoms with E-state index in [9.17, 15) is 0 Å². The van der Waals surface area contributed by atoms with Gasteiger partial charge in [0.1, 0.15) is 16.7 Å². The molecule has 0 spiro atoms. The van der Waals surface area contributed by atoms with E-state index in [1.165, 1.54) is 6.33 Å². The van der Waals surface area contributed by atoms with Crippen molar-refractivity contribution in [1.82, 2.24) is 9.97 Å². The molecule has 0 N–H and O–H groups in total. The smallest absolute Gasteiger partial charge is 0.223 e. The van der Waals surface area contributed by atoms with Gasteiger partial charge in [0, 0.05) is 6.07 Å². The summed E-state index contributed by atoms with van der Waals surface area (Å²) in [6, 6.07) is 9.09. The van der Waals surface area contributed by atoms with Crippen LogP contribution in [0.15, 0.2) is 35.2 Å². The Kier molecular flexibility index (Phi) is 3.35. The standard InChI is InChI=1S/C12H8BrN3O/c1-8-2-3-10(4-9(8)6-14)17-12-5-11(13)15-7-16-12/h2-5,7H,1H3. The number of nitriles is 1. The van der Waals surface area contributed by atoms with Gasteiger partial charge in [-0.25, -0.2) is 9.97 Å². The Labute approximate surface area is 107 Å². The van der Waals surface area contributed by atoms with Gasteiger partial charge in [-0.2, -0.15) is 5.26 Å². The summed E-state index contributed by atoms with van der Waals surface area (Å²) < 4.78 is 6.17. The van der Waals surface area contributed by atoms with Crippen molar-refractivity contribution in [1.29, 1.82) is 5.26 Å². The molecule has 0 saturated carbocycles. The van der Waals surface area contributed by atoms with Crippen molar-refractivity contribution in [3.05, 3.63) is 46.3 Å². The number of halogens is 1. The van der Waals surface area contributed by atoms with Crippen LogP contribution in [0.4, 0.5) is 0 Å². The topological polar surface area (TPSA) is 58.8 Å². The molecule has 0 aliphatic heterocycles. The summed E-state index contributed by atoms with van der Waals surface area (Å²) >= 11 is 3.23. The Morgan fingerprint density at radius 3 is 2.82 bits per heavy atom. The molecule has 2 aromatic rings. The third-order valence-corrected chi connectivity index (χ3v) is 2.59. The van der Waals surface area contributed by atoms with E-state index in [-0.39, 0.29) is 0 Å². The van der Waals surface area contributed by atoms with Crippen molar-refractivity contribution >= 4 is 15.9 Å². The van der Waals surface area contributed by atoms with E-state index in [0.717, 1.165) is 5.56 Å². The molecule has 0 unspecified atom stereocenters. The van der Waals surface area contributed by atoms with Gasteiger partial charge in [-0.3, -0.25) is 0 Å². The Bertz CT molecular complexity index is 593. The molecule has 0 amide bonds. The number of benzene rings is 1. The summed E-state index contributed by atoms with van der Waals surface area (Å²) in [5.74, 6) is 1.01. The van der Waals surface area contributed by atoms with Crippen LogP contribution >= 0.6 is 15.9 Å². The fourth-order valence-electron chi connectivity index (χ4n) is 1.28. The SMILES string of the molecule is Cc1ccc(Oc2cc(Br)ncn2)cc1C#N. The van der Waals surface area contributed by atoms with Crippen molar-refractivity contribution in [2.75, 3.05) is 0 Å². The van der Waals surface area contributed by atoms with E-state index in [0.29, 0.717) is 21.8 Å². The Morgan fingerprint density at radius 2 is 2.12 bits per heavy atom.